The Morgan fingerprint density at radius 1 is 1.04 bits per heavy atom. The Kier molecular flexibility index (Phi) is 8.02. The second kappa shape index (κ2) is 10.2. The molecule has 2 N–H and O–H groups in total. The number of hydrogen-bond acceptors (Lipinski definition) is 4. The first kappa shape index (κ1) is 21.9. The molecule has 0 aliphatic heterocycles. The monoisotopic (exact) mass is 404 g/mol. The van der Waals surface area contributed by atoms with Crippen LogP contribution in [0.1, 0.15) is 30.5 Å². The van der Waals surface area contributed by atoms with E-state index >= 15 is 0 Å². The van der Waals surface area contributed by atoms with Gasteiger partial charge >= 0.3 is 0 Å². The molecule has 0 aromatic heterocycles. The Labute approximate surface area is 169 Å². The first-order valence-electron chi connectivity index (χ1n) is 9.18. The van der Waals surface area contributed by atoms with Crippen molar-refractivity contribution in [2.75, 3.05) is 18.5 Å². The van der Waals surface area contributed by atoms with Crippen LogP contribution in [0.25, 0.3) is 0 Å². The largest absolute Gasteiger partial charge is 0.483 e. The number of ether oxygens (including phenoxy) is 1. The van der Waals surface area contributed by atoms with E-state index in [9.17, 15) is 9.00 Å². The first-order valence-corrected chi connectivity index (χ1v) is 10.3. The maximum Gasteiger partial charge on any atom is 0.288 e. The third-order valence-electron chi connectivity index (χ3n) is 3.94. The lowest BCUT2D eigenvalue weighted by atomic mass is 10.1. The van der Waals surface area contributed by atoms with Crippen LogP contribution in [0.4, 0.5) is 5.69 Å². The molecule has 7 heteroatoms. The van der Waals surface area contributed by atoms with Gasteiger partial charge in [0.05, 0.1) is 0 Å². The Hall–Kier alpha value is -2.38. The van der Waals surface area contributed by atoms with Crippen LogP contribution in [0.5, 0.6) is 11.5 Å². The summed E-state index contributed by atoms with van der Waals surface area (Å²) in [6, 6.07) is 11.0. The highest BCUT2D eigenvalue weighted by atomic mass is 32.2. The van der Waals surface area contributed by atoms with Crippen molar-refractivity contribution in [3.63, 3.8) is 0 Å². The summed E-state index contributed by atoms with van der Waals surface area (Å²) in [4.78, 5) is 12.2. The summed E-state index contributed by atoms with van der Waals surface area (Å²) in [6.45, 7) is 10.3. The number of anilines is 1. The number of rotatable bonds is 9. The van der Waals surface area contributed by atoms with E-state index in [0.29, 0.717) is 29.6 Å². The van der Waals surface area contributed by atoms with Crippen molar-refractivity contribution < 1.29 is 17.9 Å². The Morgan fingerprint density at radius 3 is 2.46 bits per heavy atom. The molecule has 2 aromatic carbocycles. The van der Waals surface area contributed by atoms with Gasteiger partial charge < -0.3 is 14.2 Å². The number of benzene rings is 2. The fraction of sp³-hybridized carbons (Fsp3) is 0.381. The zero-order chi connectivity index (χ0) is 20.7. The van der Waals surface area contributed by atoms with Crippen LogP contribution in [-0.4, -0.2) is 23.3 Å². The van der Waals surface area contributed by atoms with Crippen LogP contribution < -0.4 is 19.0 Å². The van der Waals surface area contributed by atoms with Crippen molar-refractivity contribution in [2.24, 2.45) is 5.92 Å². The van der Waals surface area contributed by atoms with Crippen LogP contribution in [0, 0.1) is 26.7 Å². The second-order valence-electron chi connectivity index (χ2n) is 7.15. The van der Waals surface area contributed by atoms with Gasteiger partial charge in [-0.2, -0.15) is 4.21 Å². The van der Waals surface area contributed by atoms with Crippen molar-refractivity contribution in [2.45, 2.75) is 34.6 Å². The van der Waals surface area contributed by atoms with Crippen molar-refractivity contribution in [1.29, 1.82) is 0 Å². The molecule has 1 amide bonds. The second-order valence-corrected chi connectivity index (χ2v) is 8.07. The molecule has 0 saturated heterocycles. The van der Waals surface area contributed by atoms with Crippen LogP contribution >= 0.6 is 0 Å². The molecule has 0 radical (unpaired) electrons. The number of carbonyl (C=O) groups is 1. The van der Waals surface area contributed by atoms with Gasteiger partial charge in [-0.1, -0.05) is 37.6 Å². The molecule has 6 nitrogen and oxygen atoms in total. The molecule has 0 heterocycles. The zero-order valence-corrected chi connectivity index (χ0v) is 17.8. The Morgan fingerprint density at radius 2 is 1.79 bits per heavy atom. The lowest BCUT2D eigenvalue weighted by molar-refractivity contribution is -0.118. The minimum Gasteiger partial charge on any atom is -0.483 e. The molecule has 1 atom stereocenters. The minimum atomic E-state index is -1.64. The summed E-state index contributed by atoms with van der Waals surface area (Å²) >= 11 is -1.64. The van der Waals surface area contributed by atoms with E-state index in [1.165, 1.54) is 0 Å². The predicted molar refractivity (Wildman–Crippen MR) is 113 cm³/mol. The number of amides is 1. The van der Waals surface area contributed by atoms with E-state index in [2.05, 4.69) is 10.0 Å². The average Bonchev–Trinajstić information content (AvgIpc) is 2.62. The van der Waals surface area contributed by atoms with Gasteiger partial charge in [-0.15, -0.1) is 0 Å². The molecule has 0 fully saturated rings. The number of aryl methyl sites for hydroxylation is 3. The van der Waals surface area contributed by atoms with Gasteiger partial charge in [-0.25, -0.2) is 4.72 Å². The average molecular weight is 405 g/mol. The summed E-state index contributed by atoms with van der Waals surface area (Å²) in [5.41, 5.74) is 3.50. The molecule has 2 rings (SSSR count). The Balaban J connectivity index is 1.94. The van der Waals surface area contributed by atoms with Crippen molar-refractivity contribution in [3.05, 3.63) is 53.1 Å². The number of hydrogen-bond donors (Lipinski definition) is 2. The van der Waals surface area contributed by atoms with E-state index in [1.807, 2.05) is 52.8 Å². The third kappa shape index (κ3) is 6.98. The Bertz CT molecular complexity index is 852. The van der Waals surface area contributed by atoms with E-state index < -0.39 is 11.3 Å². The molecule has 0 saturated carbocycles. The summed E-state index contributed by atoms with van der Waals surface area (Å²) in [6.07, 6.45) is 0. The molecular formula is C21H28N2O4S. The molecule has 0 bridgehead atoms. The fourth-order valence-electron chi connectivity index (χ4n) is 2.41. The highest BCUT2D eigenvalue weighted by Gasteiger charge is 2.10. The van der Waals surface area contributed by atoms with Gasteiger partial charge in [0, 0.05) is 18.3 Å². The van der Waals surface area contributed by atoms with Gasteiger partial charge in [0.1, 0.15) is 11.5 Å². The normalized spacial score (nSPS) is 11.9. The van der Waals surface area contributed by atoms with Crippen LogP contribution in [-0.2, 0) is 16.1 Å². The molecular weight excluding hydrogens is 376 g/mol. The number of carbonyl (C=O) groups excluding carboxylic acids is 1. The van der Waals surface area contributed by atoms with E-state index in [4.69, 9.17) is 8.92 Å². The van der Waals surface area contributed by atoms with Crippen LogP contribution in [0.15, 0.2) is 36.4 Å². The molecule has 152 valence electrons. The maximum absolute atomic E-state index is 12.2. The van der Waals surface area contributed by atoms with Crippen molar-refractivity contribution in [1.82, 2.24) is 4.72 Å². The van der Waals surface area contributed by atoms with Crippen molar-refractivity contribution in [3.8, 4) is 11.5 Å². The van der Waals surface area contributed by atoms with Gasteiger partial charge in [-0.3, -0.25) is 4.79 Å². The molecule has 2 aromatic rings. The van der Waals surface area contributed by atoms with E-state index in [1.54, 1.807) is 18.2 Å². The van der Waals surface area contributed by atoms with Gasteiger partial charge in [0.15, 0.2) is 6.61 Å². The summed E-state index contributed by atoms with van der Waals surface area (Å²) < 4.78 is 25.8. The highest BCUT2D eigenvalue weighted by molar-refractivity contribution is 7.78. The fourth-order valence-corrected chi connectivity index (χ4v) is 3.29. The summed E-state index contributed by atoms with van der Waals surface area (Å²) in [5.74, 6) is 1.20. The number of nitrogens with one attached hydrogen (secondary N) is 2. The topological polar surface area (TPSA) is 76.7 Å². The van der Waals surface area contributed by atoms with Crippen LogP contribution in [0.3, 0.4) is 0 Å². The van der Waals surface area contributed by atoms with Crippen LogP contribution in [0.2, 0.25) is 0 Å². The third-order valence-corrected chi connectivity index (χ3v) is 4.67. The SMILES string of the molecule is Cc1ccc(OCC(=O)Nc2ccc(C)c(OS(=O)NCC(C)C)c2)c(C)c1. The predicted octanol–water partition coefficient (Wildman–Crippen LogP) is 3.83. The quantitative estimate of drug-likeness (QED) is 0.666. The van der Waals surface area contributed by atoms with Gasteiger partial charge in [0.2, 0.25) is 0 Å². The molecule has 0 aliphatic carbocycles. The molecule has 1 unspecified atom stereocenters. The molecule has 0 spiro atoms. The minimum absolute atomic E-state index is 0.101. The highest BCUT2D eigenvalue weighted by Crippen LogP contribution is 2.23. The van der Waals surface area contributed by atoms with E-state index in [-0.39, 0.29) is 12.5 Å². The molecule has 28 heavy (non-hydrogen) atoms. The van der Waals surface area contributed by atoms with E-state index in [0.717, 1.165) is 16.7 Å². The zero-order valence-electron chi connectivity index (χ0n) is 17.0. The van der Waals surface area contributed by atoms with Crippen molar-refractivity contribution >= 4 is 22.9 Å². The lowest BCUT2D eigenvalue weighted by Gasteiger charge is -2.13. The van der Waals surface area contributed by atoms with Gasteiger partial charge in [-0.05, 0) is 49.9 Å². The lowest BCUT2D eigenvalue weighted by Crippen LogP contribution is -2.26. The summed E-state index contributed by atoms with van der Waals surface area (Å²) in [7, 11) is 0. The maximum atomic E-state index is 12.2. The van der Waals surface area contributed by atoms with Gasteiger partial charge in [0.25, 0.3) is 17.2 Å². The summed E-state index contributed by atoms with van der Waals surface area (Å²) in [5, 5.41) is 2.77. The standard InChI is InChI=1S/C21H28N2O4S/c1-14(2)12-22-28(25)27-20-11-18(8-7-16(20)4)23-21(24)13-26-19-9-6-15(3)10-17(19)5/h6-11,14,22H,12-13H2,1-5H3,(H,23,24). The smallest absolute Gasteiger partial charge is 0.288 e. The first-order chi connectivity index (χ1) is 13.2. The molecule has 0 aliphatic rings.